The number of aliphatic hydroxyl groups excluding tert-OH is 2. The van der Waals surface area contributed by atoms with Crippen LogP contribution in [0.3, 0.4) is 0 Å². The third-order valence-electron chi connectivity index (χ3n) is 4.22. The summed E-state index contributed by atoms with van der Waals surface area (Å²) in [5.41, 5.74) is -0.0888. The van der Waals surface area contributed by atoms with E-state index in [0.29, 0.717) is 18.8 Å². The van der Waals surface area contributed by atoms with Crippen molar-refractivity contribution in [3.63, 3.8) is 0 Å². The van der Waals surface area contributed by atoms with Crippen molar-refractivity contribution in [1.82, 2.24) is 0 Å². The second-order valence-electron chi connectivity index (χ2n) is 7.48. The number of carbonyl (C=O) groups is 1. The van der Waals surface area contributed by atoms with E-state index < -0.39 is 11.7 Å². The van der Waals surface area contributed by atoms with Gasteiger partial charge in [0, 0.05) is 19.4 Å². The van der Waals surface area contributed by atoms with E-state index in [0.717, 1.165) is 18.4 Å². The molecule has 0 aliphatic carbocycles. The fourth-order valence-electron chi connectivity index (χ4n) is 2.67. The number of aliphatic hydroxyl groups is 3. The Morgan fingerprint density at radius 2 is 1.83 bits per heavy atom. The minimum atomic E-state index is -1.10. The summed E-state index contributed by atoms with van der Waals surface area (Å²) in [5.74, 6) is 0.806. The Morgan fingerprint density at radius 3 is 2.33 bits per heavy atom. The second kappa shape index (κ2) is 11.6. The van der Waals surface area contributed by atoms with Crippen LogP contribution in [0.2, 0.25) is 0 Å². The van der Waals surface area contributed by atoms with E-state index in [1.165, 1.54) is 0 Å². The highest BCUT2D eigenvalue weighted by Gasteiger charge is 2.21. The van der Waals surface area contributed by atoms with Gasteiger partial charge in [0.2, 0.25) is 0 Å². The molecular weight excluding hydrogens is 304 g/mol. The summed E-state index contributed by atoms with van der Waals surface area (Å²) >= 11 is 0. The maximum absolute atomic E-state index is 11.2. The Kier molecular flexibility index (Phi) is 11.1. The largest absolute Gasteiger partial charge is 0.396 e. The Hall–Kier alpha value is -0.970. The predicted molar refractivity (Wildman–Crippen MR) is 98.7 cm³/mol. The SMILES string of the molecule is CC(=O)CC[C@H](/C=C/[C@@](C)(O)C[C@@H](O)/C=C(\C)CCCO)C(C)C. The Bertz CT molecular complexity index is 421. The standard InChI is InChI=1S/C20H36O4/c1-15(2)18(9-8-17(4)22)10-11-20(5,24)14-19(23)13-16(3)7-6-12-21/h10-11,13,15,18-19,21,23-24H,6-9,12,14H2,1-5H3/b11-10+,16-13+/t18-,19+,20-/m1/s1. The molecule has 4 heteroatoms. The number of hydrogen-bond donors (Lipinski definition) is 3. The van der Waals surface area contributed by atoms with Gasteiger partial charge in [-0.05, 0) is 51.9 Å². The topological polar surface area (TPSA) is 77.8 Å². The zero-order chi connectivity index (χ0) is 18.8. The van der Waals surface area contributed by atoms with Crippen molar-refractivity contribution in [3.05, 3.63) is 23.8 Å². The molecule has 0 aromatic carbocycles. The van der Waals surface area contributed by atoms with Gasteiger partial charge in [0.1, 0.15) is 5.78 Å². The Labute approximate surface area is 147 Å². The van der Waals surface area contributed by atoms with Crippen LogP contribution in [0.4, 0.5) is 0 Å². The van der Waals surface area contributed by atoms with Crippen LogP contribution in [-0.4, -0.2) is 39.4 Å². The lowest BCUT2D eigenvalue weighted by molar-refractivity contribution is -0.117. The first kappa shape index (κ1) is 23.0. The molecule has 4 nitrogen and oxygen atoms in total. The molecule has 0 aliphatic heterocycles. The first-order valence-electron chi connectivity index (χ1n) is 8.94. The third-order valence-corrected chi connectivity index (χ3v) is 4.22. The summed E-state index contributed by atoms with van der Waals surface area (Å²) < 4.78 is 0. The molecule has 3 N–H and O–H groups in total. The van der Waals surface area contributed by atoms with Gasteiger partial charge < -0.3 is 20.1 Å². The van der Waals surface area contributed by atoms with Gasteiger partial charge in [0.15, 0.2) is 0 Å². The molecule has 140 valence electrons. The lowest BCUT2D eigenvalue weighted by Gasteiger charge is -2.24. The highest BCUT2D eigenvalue weighted by Crippen LogP contribution is 2.23. The van der Waals surface area contributed by atoms with E-state index in [2.05, 4.69) is 13.8 Å². The number of ketones is 1. The highest BCUT2D eigenvalue weighted by molar-refractivity contribution is 5.75. The van der Waals surface area contributed by atoms with Crippen LogP contribution in [0.15, 0.2) is 23.8 Å². The van der Waals surface area contributed by atoms with Gasteiger partial charge in [0.05, 0.1) is 11.7 Å². The monoisotopic (exact) mass is 340 g/mol. The predicted octanol–water partition coefficient (Wildman–Crippen LogP) is 3.40. The van der Waals surface area contributed by atoms with Gasteiger partial charge in [-0.25, -0.2) is 0 Å². The smallest absolute Gasteiger partial charge is 0.129 e. The van der Waals surface area contributed by atoms with Crippen molar-refractivity contribution in [2.75, 3.05) is 6.61 Å². The molecule has 0 unspecified atom stereocenters. The molecule has 0 saturated heterocycles. The first-order chi connectivity index (χ1) is 11.1. The molecule has 0 spiro atoms. The van der Waals surface area contributed by atoms with E-state index in [1.54, 1.807) is 26.0 Å². The fraction of sp³-hybridized carbons (Fsp3) is 0.750. The molecule has 0 bridgehead atoms. The van der Waals surface area contributed by atoms with Crippen LogP contribution < -0.4 is 0 Å². The molecule has 0 aromatic heterocycles. The molecule has 0 heterocycles. The fourth-order valence-corrected chi connectivity index (χ4v) is 2.67. The summed E-state index contributed by atoms with van der Waals surface area (Å²) in [6.07, 6.45) is 7.71. The zero-order valence-corrected chi connectivity index (χ0v) is 16.0. The maximum atomic E-state index is 11.2. The molecule has 24 heavy (non-hydrogen) atoms. The van der Waals surface area contributed by atoms with Crippen LogP contribution in [-0.2, 0) is 4.79 Å². The average molecular weight is 341 g/mol. The van der Waals surface area contributed by atoms with E-state index in [1.807, 2.05) is 13.0 Å². The van der Waals surface area contributed by atoms with Crippen molar-refractivity contribution < 1.29 is 20.1 Å². The third kappa shape index (κ3) is 11.5. The van der Waals surface area contributed by atoms with Gasteiger partial charge in [-0.15, -0.1) is 0 Å². The van der Waals surface area contributed by atoms with E-state index in [9.17, 15) is 15.0 Å². The van der Waals surface area contributed by atoms with E-state index >= 15 is 0 Å². The molecular formula is C20H36O4. The Morgan fingerprint density at radius 1 is 1.21 bits per heavy atom. The molecule has 0 aromatic rings. The summed E-state index contributed by atoms with van der Waals surface area (Å²) in [7, 11) is 0. The molecule has 0 saturated carbocycles. The van der Waals surface area contributed by atoms with E-state index in [-0.39, 0.29) is 24.7 Å². The van der Waals surface area contributed by atoms with Gasteiger partial charge >= 0.3 is 0 Å². The lowest BCUT2D eigenvalue weighted by Crippen LogP contribution is -2.27. The summed E-state index contributed by atoms with van der Waals surface area (Å²) in [6.45, 7) is 9.54. The van der Waals surface area contributed by atoms with Gasteiger partial charge in [-0.2, -0.15) is 0 Å². The Balaban J connectivity index is 4.70. The highest BCUT2D eigenvalue weighted by atomic mass is 16.3. The number of Topliss-reactive ketones (excluding diaryl/α,β-unsaturated/α-hetero) is 1. The van der Waals surface area contributed by atoms with Gasteiger partial charge in [-0.1, -0.05) is 37.6 Å². The van der Waals surface area contributed by atoms with Crippen molar-refractivity contribution in [3.8, 4) is 0 Å². The molecule has 0 radical (unpaired) electrons. The first-order valence-corrected chi connectivity index (χ1v) is 8.94. The normalized spacial score (nSPS) is 18.0. The molecule has 3 atom stereocenters. The average Bonchev–Trinajstić information content (AvgIpc) is 2.43. The summed E-state index contributed by atoms with van der Waals surface area (Å²) in [6, 6.07) is 0. The van der Waals surface area contributed by atoms with Crippen LogP contribution in [0.1, 0.15) is 66.7 Å². The molecule has 0 fully saturated rings. The molecule has 0 aliphatic rings. The second-order valence-corrected chi connectivity index (χ2v) is 7.48. The maximum Gasteiger partial charge on any atom is 0.129 e. The lowest BCUT2D eigenvalue weighted by atomic mass is 9.87. The number of carbonyl (C=O) groups excluding carboxylic acids is 1. The van der Waals surface area contributed by atoms with Crippen LogP contribution in [0, 0.1) is 11.8 Å². The minimum absolute atomic E-state index is 0.137. The summed E-state index contributed by atoms with van der Waals surface area (Å²) in [5, 5.41) is 29.4. The number of rotatable bonds is 12. The molecule has 0 rings (SSSR count). The van der Waals surface area contributed by atoms with Gasteiger partial charge in [-0.3, -0.25) is 0 Å². The van der Waals surface area contributed by atoms with E-state index in [4.69, 9.17) is 5.11 Å². The minimum Gasteiger partial charge on any atom is -0.396 e. The summed E-state index contributed by atoms with van der Waals surface area (Å²) in [4.78, 5) is 11.2. The van der Waals surface area contributed by atoms with Crippen LogP contribution >= 0.6 is 0 Å². The molecule has 0 amide bonds. The van der Waals surface area contributed by atoms with Crippen molar-refractivity contribution >= 4 is 5.78 Å². The van der Waals surface area contributed by atoms with Gasteiger partial charge in [0.25, 0.3) is 0 Å². The number of allylic oxidation sites excluding steroid dienone is 2. The quantitative estimate of drug-likeness (QED) is 0.476. The number of hydrogen-bond acceptors (Lipinski definition) is 4. The van der Waals surface area contributed by atoms with Crippen molar-refractivity contribution in [1.29, 1.82) is 0 Å². The van der Waals surface area contributed by atoms with Crippen molar-refractivity contribution in [2.24, 2.45) is 11.8 Å². The zero-order valence-electron chi connectivity index (χ0n) is 16.0. The van der Waals surface area contributed by atoms with Crippen LogP contribution in [0.25, 0.3) is 0 Å². The van der Waals surface area contributed by atoms with Crippen molar-refractivity contribution in [2.45, 2.75) is 78.4 Å². The van der Waals surface area contributed by atoms with Crippen LogP contribution in [0.5, 0.6) is 0 Å².